The van der Waals surface area contributed by atoms with Gasteiger partial charge in [-0.1, -0.05) is 13.8 Å². The van der Waals surface area contributed by atoms with Crippen LogP contribution < -0.4 is 17.0 Å². The minimum Gasteiger partial charge on any atom is -0.387 e. The fourth-order valence-corrected chi connectivity index (χ4v) is 6.52. The molecule has 14 nitrogen and oxygen atoms in total. The van der Waals surface area contributed by atoms with Crippen LogP contribution in [0.4, 0.5) is 5.95 Å². The molecule has 0 radical (unpaired) electrons. The second-order valence-corrected chi connectivity index (χ2v) is 11.6. The maximum absolute atomic E-state index is 12.8. The molecule has 4 rings (SSSR count). The molecule has 190 valence electrons. The number of aromatic amines is 2. The molecule has 2 aliphatic rings. The molecule has 2 fully saturated rings. The predicted molar refractivity (Wildman–Crippen MR) is 119 cm³/mol. The Labute approximate surface area is 193 Å². The Balaban J connectivity index is 1.55. The van der Waals surface area contributed by atoms with Gasteiger partial charge in [-0.2, -0.15) is 4.98 Å². The van der Waals surface area contributed by atoms with Gasteiger partial charge in [-0.15, -0.1) is 0 Å². The van der Waals surface area contributed by atoms with E-state index in [-0.39, 0.29) is 36.4 Å². The molecule has 1 saturated carbocycles. The third kappa shape index (κ3) is 3.56. The fraction of sp³-hybridized carbons (Fsp3) is 0.737. The number of nitrogens with two attached hydrogens (primary N) is 1. The minimum atomic E-state index is -4.48. The van der Waals surface area contributed by atoms with E-state index in [9.17, 15) is 34.4 Å². The van der Waals surface area contributed by atoms with E-state index < -0.39 is 59.7 Å². The zero-order valence-corrected chi connectivity index (χ0v) is 20.1. The summed E-state index contributed by atoms with van der Waals surface area (Å²) in [5.74, 6) is -0.228. The molecule has 0 spiro atoms. The molecule has 0 aromatic carbocycles. The van der Waals surface area contributed by atoms with Crippen molar-refractivity contribution in [1.29, 1.82) is 0 Å². The first-order chi connectivity index (χ1) is 15.6. The number of anilines is 1. The highest BCUT2D eigenvalue weighted by molar-refractivity contribution is 7.54. The highest BCUT2D eigenvalue weighted by Crippen LogP contribution is 2.62. The van der Waals surface area contributed by atoms with Gasteiger partial charge in [-0.3, -0.25) is 23.9 Å². The normalized spacial score (nSPS) is 30.9. The Morgan fingerprint density at radius 2 is 1.91 bits per heavy atom. The number of aliphatic hydroxyl groups is 3. The minimum absolute atomic E-state index is 0.000172. The Morgan fingerprint density at radius 3 is 2.44 bits per heavy atom. The van der Waals surface area contributed by atoms with Crippen molar-refractivity contribution < 1.29 is 34.0 Å². The Hall–Kier alpha value is -2.06. The molecule has 1 aliphatic carbocycles. The molecular formula is C19H30N5O9P. The van der Waals surface area contributed by atoms with Crippen molar-refractivity contribution >= 4 is 24.7 Å². The Bertz CT molecular complexity index is 1280. The summed E-state index contributed by atoms with van der Waals surface area (Å²) in [6.07, 6.45) is -3.59. The molecular weight excluding hydrogens is 473 g/mol. The fourth-order valence-electron chi connectivity index (χ4n) is 4.81. The van der Waals surface area contributed by atoms with Gasteiger partial charge < -0.3 is 35.2 Å². The van der Waals surface area contributed by atoms with Crippen LogP contribution in [-0.2, 0) is 13.8 Å². The summed E-state index contributed by atoms with van der Waals surface area (Å²) in [4.78, 5) is 43.6. The van der Waals surface area contributed by atoms with Crippen molar-refractivity contribution in [3.8, 4) is 0 Å². The number of H-pyrrole nitrogens is 2. The average molecular weight is 503 g/mol. The SMILES string of the molecule is CCC(O)(CC)P(=O)(O)OC(C)(C)CC1OC2C(n3c(=O)[nH]c4c(=O)[nH]c(N)nc43)[C@]2(O)[C@@H]1O. The van der Waals surface area contributed by atoms with Crippen LogP contribution in [-0.4, -0.2) is 74.6 Å². The molecule has 0 amide bonds. The second-order valence-electron chi connectivity index (χ2n) is 9.59. The predicted octanol–water partition coefficient (Wildman–Crippen LogP) is -0.711. The van der Waals surface area contributed by atoms with E-state index in [0.717, 1.165) is 4.57 Å². The summed E-state index contributed by atoms with van der Waals surface area (Å²) < 4.78 is 25.0. The number of nitrogen functional groups attached to an aromatic ring is 1. The van der Waals surface area contributed by atoms with E-state index in [1.165, 1.54) is 13.8 Å². The van der Waals surface area contributed by atoms with Gasteiger partial charge in [0.05, 0.1) is 11.7 Å². The van der Waals surface area contributed by atoms with Crippen LogP contribution in [0, 0.1) is 0 Å². The number of nitrogens with zero attached hydrogens (tertiary/aromatic N) is 2. The lowest BCUT2D eigenvalue weighted by Gasteiger charge is -2.37. The first kappa shape index (κ1) is 25.0. The first-order valence-corrected chi connectivity index (χ1v) is 12.5. The highest BCUT2D eigenvalue weighted by Gasteiger charge is 2.78. The lowest BCUT2D eigenvalue weighted by atomic mass is 9.95. The summed E-state index contributed by atoms with van der Waals surface area (Å²) >= 11 is 0. The molecule has 2 aromatic heterocycles. The van der Waals surface area contributed by atoms with E-state index in [1.807, 2.05) is 0 Å². The molecule has 6 atom stereocenters. The van der Waals surface area contributed by atoms with Crippen LogP contribution in [0.15, 0.2) is 9.59 Å². The Morgan fingerprint density at radius 1 is 1.29 bits per heavy atom. The van der Waals surface area contributed by atoms with Crippen molar-refractivity contribution in [2.75, 3.05) is 5.73 Å². The van der Waals surface area contributed by atoms with Crippen LogP contribution in [0.3, 0.4) is 0 Å². The molecule has 15 heteroatoms. The number of ether oxygens (including phenoxy) is 1. The van der Waals surface area contributed by atoms with Crippen molar-refractivity contribution in [2.45, 2.75) is 87.9 Å². The Kier molecular flexibility index (Phi) is 5.69. The molecule has 0 bridgehead atoms. The van der Waals surface area contributed by atoms with Gasteiger partial charge in [0.1, 0.15) is 23.9 Å². The largest absolute Gasteiger partial charge is 0.387 e. The summed E-state index contributed by atoms with van der Waals surface area (Å²) in [6, 6.07) is -1.04. The molecule has 34 heavy (non-hydrogen) atoms. The van der Waals surface area contributed by atoms with Crippen molar-refractivity contribution in [1.82, 2.24) is 19.5 Å². The zero-order chi connectivity index (χ0) is 25.4. The standard InChI is InChI=1S/C19H30N5O9P/c1-5-18(28,6-2)34(30,31)33-17(3,4)7-8-11(25)19(29)10(12(19)32-8)24-13-9(21-16(24)27)14(26)23-15(20)22-13/h8,10-12,25,28-29H,5-7H2,1-4H3,(H,21,27)(H,30,31)(H3,20,22,23,26)/t8?,10?,11-,12?,19+/m1/s1. The van der Waals surface area contributed by atoms with E-state index in [1.54, 1.807) is 13.8 Å². The van der Waals surface area contributed by atoms with Crippen LogP contribution in [0.5, 0.6) is 0 Å². The monoisotopic (exact) mass is 503 g/mol. The number of aliphatic hydroxyl groups excluding tert-OH is 1. The van der Waals surface area contributed by atoms with Crippen LogP contribution in [0.25, 0.3) is 11.2 Å². The molecule has 8 N–H and O–H groups in total. The highest BCUT2D eigenvalue weighted by atomic mass is 31.2. The third-order valence-electron chi connectivity index (χ3n) is 6.85. The van der Waals surface area contributed by atoms with Crippen LogP contribution in [0.2, 0.25) is 0 Å². The number of rotatable bonds is 8. The summed E-state index contributed by atoms with van der Waals surface area (Å²) in [7, 11) is -4.48. The molecule has 3 heterocycles. The van der Waals surface area contributed by atoms with Crippen LogP contribution in [0.1, 0.15) is 53.0 Å². The molecule has 4 unspecified atom stereocenters. The summed E-state index contributed by atoms with van der Waals surface area (Å²) in [6.45, 7) is 6.15. The van der Waals surface area contributed by atoms with Crippen molar-refractivity contribution in [3.63, 3.8) is 0 Å². The number of aromatic nitrogens is 4. The topological polar surface area (TPSA) is 226 Å². The molecule has 2 aromatic rings. The van der Waals surface area contributed by atoms with Gasteiger partial charge in [0.2, 0.25) is 5.95 Å². The zero-order valence-electron chi connectivity index (χ0n) is 19.2. The number of hydrogen-bond acceptors (Lipinski definition) is 10. The second kappa shape index (κ2) is 7.72. The van der Waals surface area contributed by atoms with Gasteiger partial charge in [-0.05, 0) is 26.7 Å². The van der Waals surface area contributed by atoms with Gasteiger partial charge in [0.15, 0.2) is 16.5 Å². The summed E-state index contributed by atoms with van der Waals surface area (Å²) in [5.41, 5.74) is 0.770. The number of hydrogen-bond donors (Lipinski definition) is 7. The number of nitrogens with one attached hydrogen (secondary N) is 2. The lowest BCUT2D eigenvalue weighted by molar-refractivity contribution is -0.0734. The maximum atomic E-state index is 12.8. The van der Waals surface area contributed by atoms with E-state index in [0.29, 0.717) is 0 Å². The molecule has 1 saturated heterocycles. The quantitative estimate of drug-likeness (QED) is 0.223. The van der Waals surface area contributed by atoms with Crippen LogP contribution >= 0.6 is 7.60 Å². The van der Waals surface area contributed by atoms with Gasteiger partial charge in [0, 0.05) is 6.42 Å². The maximum Gasteiger partial charge on any atom is 0.359 e. The molecule has 1 aliphatic heterocycles. The van der Waals surface area contributed by atoms with Gasteiger partial charge >= 0.3 is 13.3 Å². The average Bonchev–Trinajstić information content (AvgIpc) is 3.01. The van der Waals surface area contributed by atoms with Gasteiger partial charge in [0.25, 0.3) is 5.56 Å². The number of fused-ring (bicyclic) bond motifs is 2. The smallest absolute Gasteiger partial charge is 0.359 e. The van der Waals surface area contributed by atoms with Crippen molar-refractivity contribution in [2.24, 2.45) is 0 Å². The van der Waals surface area contributed by atoms with E-state index >= 15 is 0 Å². The lowest BCUT2D eigenvalue weighted by Crippen LogP contribution is -2.43. The van der Waals surface area contributed by atoms with E-state index in [4.69, 9.17) is 15.0 Å². The van der Waals surface area contributed by atoms with E-state index in [2.05, 4.69) is 15.0 Å². The van der Waals surface area contributed by atoms with Crippen molar-refractivity contribution in [3.05, 3.63) is 20.8 Å². The van der Waals surface area contributed by atoms with Gasteiger partial charge in [-0.25, -0.2) is 4.79 Å². The first-order valence-electron chi connectivity index (χ1n) is 10.9. The summed E-state index contributed by atoms with van der Waals surface area (Å²) in [5, 5.41) is 30.5. The third-order valence-corrected chi connectivity index (χ3v) is 9.28. The number of imidazole rings is 1.